The van der Waals surface area contributed by atoms with Crippen LogP contribution in [0.5, 0.6) is 11.5 Å². The van der Waals surface area contributed by atoms with Crippen LogP contribution in [0.4, 0.5) is 10.1 Å². The second-order valence-corrected chi connectivity index (χ2v) is 7.59. The standard InChI is InChI=1S/C20H18FN5O2S/c1-25-12-23-17-6-4-13(10-14(17)20(25)27)28-19-15(11-22)18(7-5-16(19)21)24-29-26-8-2-3-9-26/h4-7,10,12,24H,2-3,8-9H2,1H3. The Morgan fingerprint density at radius 1 is 1.28 bits per heavy atom. The Hall–Kier alpha value is -3.09. The van der Waals surface area contributed by atoms with E-state index in [9.17, 15) is 14.4 Å². The van der Waals surface area contributed by atoms with Gasteiger partial charge in [-0.1, -0.05) is 0 Å². The summed E-state index contributed by atoms with van der Waals surface area (Å²) in [5.74, 6) is -0.584. The predicted molar refractivity (Wildman–Crippen MR) is 110 cm³/mol. The van der Waals surface area contributed by atoms with E-state index in [0.29, 0.717) is 16.6 Å². The Labute approximate surface area is 171 Å². The molecule has 1 saturated heterocycles. The summed E-state index contributed by atoms with van der Waals surface area (Å²) < 4.78 is 26.8. The van der Waals surface area contributed by atoms with Gasteiger partial charge in [0.25, 0.3) is 5.56 Å². The number of hydrogen-bond acceptors (Lipinski definition) is 7. The Bertz CT molecular complexity index is 1170. The van der Waals surface area contributed by atoms with Crippen molar-refractivity contribution < 1.29 is 9.13 Å². The van der Waals surface area contributed by atoms with Gasteiger partial charge >= 0.3 is 0 Å². The van der Waals surface area contributed by atoms with Crippen LogP contribution in [0.15, 0.2) is 41.5 Å². The molecule has 0 amide bonds. The molecule has 0 saturated carbocycles. The topological polar surface area (TPSA) is 83.2 Å². The average molecular weight is 411 g/mol. The van der Waals surface area contributed by atoms with Gasteiger partial charge in [-0.2, -0.15) is 5.26 Å². The molecule has 2 aromatic carbocycles. The summed E-state index contributed by atoms with van der Waals surface area (Å²) in [7, 11) is 1.60. The Morgan fingerprint density at radius 3 is 2.83 bits per heavy atom. The largest absolute Gasteiger partial charge is 0.453 e. The summed E-state index contributed by atoms with van der Waals surface area (Å²) in [6.07, 6.45) is 3.70. The molecule has 3 aromatic rings. The van der Waals surface area contributed by atoms with E-state index in [1.807, 2.05) is 6.07 Å². The highest BCUT2D eigenvalue weighted by molar-refractivity contribution is 7.98. The molecule has 148 valence electrons. The summed E-state index contributed by atoms with van der Waals surface area (Å²) in [5.41, 5.74) is 0.813. The normalized spacial score (nSPS) is 14.1. The van der Waals surface area contributed by atoms with Gasteiger partial charge in [-0.3, -0.25) is 4.79 Å². The number of nitrogens with one attached hydrogen (secondary N) is 1. The molecule has 29 heavy (non-hydrogen) atoms. The third kappa shape index (κ3) is 3.90. The summed E-state index contributed by atoms with van der Waals surface area (Å²) >= 11 is 1.39. The molecular formula is C20H18FN5O2S. The molecule has 2 heterocycles. The highest BCUT2D eigenvalue weighted by atomic mass is 32.2. The van der Waals surface area contributed by atoms with Crippen LogP contribution >= 0.6 is 12.1 Å². The minimum atomic E-state index is -0.655. The first-order valence-corrected chi connectivity index (χ1v) is 9.88. The van der Waals surface area contributed by atoms with Gasteiger partial charge in [-0.25, -0.2) is 13.7 Å². The van der Waals surface area contributed by atoms with Crippen LogP contribution in [0.2, 0.25) is 0 Å². The molecule has 0 bridgehead atoms. The van der Waals surface area contributed by atoms with Crippen molar-refractivity contribution in [2.75, 3.05) is 17.8 Å². The molecule has 1 aliphatic heterocycles. The van der Waals surface area contributed by atoms with E-state index in [4.69, 9.17) is 4.74 Å². The van der Waals surface area contributed by atoms with Gasteiger partial charge in [-0.15, -0.1) is 0 Å². The number of ether oxygens (including phenoxy) is 1. The van der Waals surface area contributed by atoms with E-state index >= 15 is 0 Å². The lowest BCUT2D eigenvalue weighted by atomic mass is 10.1. The molecule has 1 N–H and O–H groups in total. The molecule has 1 fully saturated rings. The number of halogens is 1. The van der Waals surface area contributed by atoms with Crippen LogP contribution < -0.4 is 15.0 Å². The molecule has 7 nitrogen and oxygen atoms in total. The molecule has 1 aliphatic rings. The lowest BCUT2D eigenvalue weighted by Crippen LogP contribution is -2.16. The minimum Gasteiger partial charge on any atom is -0.453 e. The zero-order valence-electron chi connectivity index (χ0n) is 15.7. The highest BCUT2D eigenvalue weighted by Gasteiger charge is 2.19. The molecule has 0 atom stereocenters. The van der Waals surface area contributed by atoms with E-state index < -0.39 is 5.82 Å². The van der Waals surface area contributed by atoms with Gasteiger partial charge in [-0.05, 0) is 43.2 Å². The first-order valence-electron chi connectivity index (χ1n) is 9.10. The van der Waals surface area contributed by atoms with Crippen LogP contribution in [0.1, 0.15) is 18.4 Å². The zero-order chi connectivity index (χ0) is 20.4. The fourth-order valence-electron chi connectivity index (χ4n) is 3.12. The number of rotatable bonds is 5. The SMILES string of the molecule is Cn1cnc2ccc(Oc3c(F)ccc(NSN4CCCC4)c3C#N)cc2c1=O. The molecule has 0 aliphatic carbocycles. The lowest BCUT2D eigenvalue weighted by molar-refractivity contribution is 0.441. The summed E-state index contributed by atoms with van der Waals surface area (Å²) in [6.45, 7) is 1.92. The minimum absolute atomic E-state index is 0.0656. The Morgan fingerprint density at radius 2 is 2.07 bits per heavy atom. The van der Waals surface area contributed by atoms with Crippen molar-refractivity contribution in [2.45, 2.75) is 12.8 Å². The van der Waals surface area contributed by atoms with Crippen LogP contribution in [0.25, 0.3) is 10.9 Å². The van der Waals surface area contributed by atoms with Gasteiger partial charge in [0.2, 0.25) is 0 Å². The first kappa shape index (κ1) is 19.2. The predicted octanol–water partition coefficient (Wildman–Crippen LogP) is 3.81. The maximum absolute atomic E-state index is 14.5. The average Bonchev–Trinajstić information content (AvgIpc) is 3.25. The van der Waals surface area contributed by atoms with E-state index in [2.05, 4.69) is 14.0 Å². The van der Waals surface area contributed by atoms with E-state index in [1.54, 1.807) is 19.2 Å². The molecular weight excluding hydrogens is 393 g/mol. The Kier molecular flexibility index (Phi) is 5.38. The zero-order valence-corrected chi connectivity index (χ0v) is 16.5. The lowest BCUT2D eigenvalue weighted by Gasteiger charge is -2.17. The molecule has 1 aromatic heterocycles. The number of nitriles is 1. The van der Waals surface area contributed by atoms with Crippen molar-refractivity contribution in [1.29, 1.82) is 5.26 Å². The molecule has 4 rings (SSSR count). The van der Waals surface area contributed by atoms with E-state index in [-0.39, 0.29) is 22.6 Å². The van der Waals surface area contributed by atoms with Crippen molar-refractivity contribution in [3.8, 4) is 17.6 Å². The van der Waals surface area contributed by atoms with Crippen molar-refractivity contribution in [3.63, 3.8) is 0 Å². The van der Waals surface area contributed by atoms with Crippen molar-refractivity contribution in [1.82, 2.24) is 13.9 Å². The van der Waals surface area contributed by atoms with Crippen molar-refractivity contribution in [3.05, 3.63) is 58.4 Å². The van der Waals surface area contributed by atoms with Crippen LogP contribution in [0, 0.1) is 17.1 Å². The van der Waals surface area contributed by atoms with Crippen LogP contribution in [0.3, 0.4) is 0 Å². The van der Waals surface area contributed by atoms with Crippen LogP contribution in [-0.2, 0) is 7.05 Å². The summed E-state index contributed by atoms with van der Waals surface area (Å²) in [4.78, 5) is 16.5. The molecule has 0 unspecified atom stereocenters. The molecule has 0 spiro atoms. The highest BCUT2D eigenvalue weighted by Crippen LogP contribution is 2.35. The van der Waals surface area contributed by atoms with Gasteiger partial charge < -0.3 is 14.0 Å². The Balaban J connectivity index is 1.66. The summed E-state index contributed by atoms with van der Waals surface area (Å²) in [5, 5.41) is 9.98. The maximum atomic E-state index is 14.5. The maximum Gasteiger partial charge on any atom is 0.261 e. The van der Waals surface area contributed by atoms with Crippen LogP contribution in [-0.4, -0.2) is 26.9 Å². The van der Waals surface area contributed by atoms with Gasteiger partial charge in [0.1, 0.15) is 17.4 Å². The number of hydrogen-bond donors (Lipinski definition) is 1. The fraction of sp³-hybridized carbons (Fsp3) is 0.250. The fourth-order valence-corrected chi connectivity index (χ4v) is 3.96. The van der Waals surface area contributed by atoms with Crippen molar-refractivity contribution in [2.24, 2.45) is 7.05 Å². The third-order valence-electron chi connectivity index (χ3n) is 4.68. The van der Waals surface area contributed by atoms with E-state index in [1.165, 1.54) is 41.2 Å². The number of nitrogens with zero attached hydrogens (tertiary/aromatic N) is 4. The van der Waals surface area contributed by atoms with Gasteiger partial charge in [0.15, 0.2) is 11.6 Å². The number of aromatic nitrogens is 2. The monoisotopic (exact) mass is 411 g/mol. The van der Waals surface area contributed by atoms with Crippen molar-refractivity contribution >= 4 is 28.7 Å². The first-order chi connectivity index (χ1) is 14.1. The second kappa shape index (κ2) is 8.11. The quantitative estimate of drug-likeness (QED) is 0.639. The summed E-state index contributed by atoms with van der Waals surface area (Å²) in [6, 6.07) is 9.52. The van der Waals surface area contributed by atoms with E-state index in [0.717, 1.165) is 25.9 Å². The number of benzene rings is 2. The number of aryl methyl sites for hydroxylation is 1. The molecule has 0 radical (unpaired) electrons. The number of fused-ring (bicyclic) bond motifs is 1. The molecule has 9 heteroatoms. The smallest absolute Gasteiger partial charge is 0.261 e. The third-order valence-corrected chi connectivity index (χ3v) is 5.61. The van der Waals surface area contributed by atoms with Gasteiger partial charge in [0.05, 0.1) is 22.9 Å². The second-order valence-electron chi connectivity index (χ2n) is 6.68. The van der Waals surface area contributed by atoms with Gasteiger partial charge in [0, 0.05) is 32.3 Å². The number of anilines is 1.